The third-order valence-electron chi connectivity index (χ3n) is 3.47. The van der Waals surface area contributed by atoms with Crippen molar-refractivity contribution in [3.05, 3.63) is 11.7 Å². The van der Waals surface area contributed by atoms with E-state index in [1.807, 2.05) is 0 Å². The molecule has 2 N–H and O–H groups in total. The zero-order valence-electron chi connectivity index (χ0n) is 9.71. The molecule has 1 aliphatic rings. The van der Waals surface area contributed by atoms with Crippen LogP contribution in [0.3, 0.4) is 0 Å². The maximum Gasteiger partial charge on any atom is 0.223 e. The second-order valence-corrected chi connectivity index (χ2v) is 5.46. The van der Waals surface area contributed by atoms with Crippen LogP contribution in [0, 0.1) is 12.3 Å². The summed E-state index contributed by atoms with van der Waals surface area (Å²) in [4.78, 5) is 4.25. The van der Waals surface area contributed by atoms with Crippen molar-refractivity contribution in [2.75, 3.05) is 0 Å². The average molecular weight is 209 g/mol. The van der Waals surface area contributed by atoms with E-state index in [0.717, 1.165) is 25.7 Å². The zero-order valence-corrected chi connectivity index (χ0v) is 9.71. The van der Waals surface area contributed by atoms with E-state index >= 15 is 0 Å². The van der Waals surface area contributed by atoms with Crippen molar-refractivity contribution in [3.63, 3.8) is 0 Å². The van der Waals surface area contributed by atoms with E-state index in [2.05, 4.69) is 24.0 Å². The molecule has 0 aromatic carbocycles. The molecule has 0 radical (unpaired) electrons. The van der Waals surface area contributed by atoms with Crippen molar-refractivity contribution in [2.24, 2.45) is 11.1 Å². The van der Waals surface area contributed by atoms with Gasteiger partial charge in [0.2, 0.25) is 5.89 Å². The van der Waals surface area contributed by atoms with E-state index in [1.54, 1.807) is 6.92 Å². The Labute approximate surface area is 90.2 Å². The van der Waals surface area contributed by atoms with Crippen molar-refractivity contribution < 1.29 is 4.52 Å². The van der Waals surface area contributed by atoms with Crippen LogP contribution in [0.4, 0.5) is 0 Å². The molecule has 0 aliphatic heterocycles. The summed E-state index contributed by atoms with van der Waals surface area (Å²) in [7, 11) is 0. The van der Waals surface area contributed by atoms with Gasteiger partial charge in [0.25, 0.3) is 0 Å². The summed E-state index contributed by atoms with van der Waals surface area (Å²) in [5, 5.41) is 3.95. The zero-order chi connectivity index (χ0) is 11.1. The Kier molecular flexibility index (Phi) is 2.34. The van der Waals surface area contributed by atoms with Crippen LogP contribution in [-0.2, 0) is 5.54 Å². The van der Waals surface area contributed by atoms with Crippen LogP contribution in [-0.4, -0.2) is 10.1 Å². The van der Waals surface area contributed by atoms with Crippen molar-refractivity contribution in [1.82, 2.24) is 10.1 Å². The van der Waals surface area contributed by atoms with E-state index < -0.39 is 0 Å². The van der Waals surface area contributed by atoms with Crippen LogP contribution in [0.25, 0.3) is 0 Å². The molecule has 2 rings (SSSR count). The first-order valence-corrected chi connectivity index (χ1v) is 5.51. The molecule has 15 heavy (non-hydrogen) atoms. The van der Waals surface area contributed by atoms with E-state index in [1.165, 1.54) is 0 Å². The van der Waals surface area contributed by atoms with Crippen molar-refractivity contribution in [1.29, 1.82) is 0 Å². The van der Waals surface area contributed by atoms with Crippen LogP contribution < -0.4 is 5.73 Å². The quantitative estimate of drug-likeness (QED) is 0.769. The molecule has 1 saturated carbocycles. The number of aromatic nitrogens is 2. The third-order valence-corrected chi connectivity index (χ3v) is 3.47. The van der Waals surface area contributed by atoms with Gasteiger partial charge in [0.1, 0.15) is 0 Å². The molecular weight excluding hydrogens is 190 g/mol. The highest BCUT2D eigenvalue weighted by molar-refractivity contribution is 5.06. The van der Waals surface area contributed by atoms with Crippen LogP contribution in [0.2, 0.25) is 0 Å². The summed E-state index contributed by atoms with van der Waals surface area (Å²) in [6.07, 6.45) is 4.13. The maximum atomic E-state index is 6.33. The lowest BCUT2D eigenvalue weighted by atomic mass is 9.69. The Morgan fingerprint density at radius 3 is 2.27 bits per heavy atom. The number of nitrogens with two attached hydrogens (primary N) is 1. The standard InChI is InChI=1S/C11H19N3O/c1-8-13-9(14-15-8)11(12)6-4-10(2,3)5-7-11/h4-7,12H2,1-3H3. The molecule has 0 saturated heterocycles. The minimum Gasteiger partial charge on any atom is -0.340 e. The average Bonchev–Trinajstić information content (AvgIpc) is 2.59. The summed E-state index contributed by atoms with van der Waals surface area (Å²) in [6, 6.07) is 0. The van der Waals surface area contributed by atoms with E-state index in [-0.39, 0.29) is 5.54 Å². The van der Waals surface area contributed by atoms with Gasteiger partial charge in [-0.05, 0) is 31.1 Å². The fraction of sp³-hybridized carbons (Fsp3) is 0.818. The normalized spacial score (nSPS) is 24.0. The molecule has 0 spiro atoms. The Bertz CT molecular complexity index is 346. The summed E-state index contributed by atoms with van der Waals surface area (Å²) < 4.78 is 4.99. The largest absolute Gasteiger partial charge is 0.340 e. The molecule has 1 aromatic heterocycles. The van der Waals surface area contributed by atoms with Crippen molar-refractivity contribution >= 4 is 0 Å². The fourth-order valence-corrected chi connectivity index (χ4v) is 2.10. The molecule has 1 aromatic rings. The summed E-state index contributed by atoms with van der Waals surface area (Å²) in [6.45, 7) is 6.37. The minimum atomic E-state index is -0.368. The highest BCUT2D eigenvalue weighted by Crippen LogP contribution is 2.42. The number of hydrogen-bond acceptors (Lipinski definition) is 4. The molecule has 0 atom stereocenters. The topological polar surface area (TPSA) is 64.9 Å². The van der Waals surface area contributed by atoms with Crippen LogP contribution in [0.1, 0.15) is 51.2 Å². The monoisotopic (exact) mass is 209 g/mol. The SMILES string of the molecule is Cc1nc(C2(N)CCC(C)(C)CC2)no1. The van der Waals surface area contributed by atoms with Crippen LogP contribution in [0.5, 0.6) is 0 Å². The van der Waals surface area contributed by atoms with Gasteiger partial charge >= 0.3 is 0 Å². The molecule has 0 bridgehead atoms. The second kappa shape index (κ2) is 3.30. The lowest BCUT2D eigenvalue weighted by molar-refractivity contribution is 0.156. The van der Waals surface area contributed by atoms with Crippen LogP contribution >= 0.6 is 0 Å². The number of rotatable bonds is 1. The first-order chi connectivity index (χ1) is 6.91. The Hall–Kier alpha value is -0.900. The number of nitrogens with zero attached hydrogens (tertiary/aromatic N) is 2. The van der Waals surface area contributed by atoms with Gasteiger partial charge in [-0.1, -0.05) is 19.0 Å². The summed E-state index contributed by atoms with van der Waals surface area (Å²) in [5.74, 6) is 1.27. The Morgan fingerprint density at radius 2 is 1.80 bits per heavy atom. The summed E-state index contributed by atoms with van der Waals surface area (Å²) >= 11 is 0. The molecule has 1 fully saturated rings. The van der Waals surface area contributed by atoms with Crippen molar-refractivity contribution in [3.8, 4) is 0 Å². The second-order valence-electron chi connectivity index (χ2n) is 5.46. The predicted molar refractivity (Wildman–Crippen MR) is 57.1 cm³/mol. The molecule has 1 aliphatic carbocycles. The molecule has 4 nitrogen and oxygen atoms in total. The van der Waals surface area contributed by atoms with E-state index in [0.29, 0.717) is 17.1 Å². The third kappa shape index (κ3) is 2.04. The fourth-order valence-electron chi connectivity index (χ4n) is 2.10. The van der Waals surface area contributed by atoms with Gasteiger partial charge in [0.05, 0.1) is 5.54 Å². The van der Waals surface area contributed by atoms with Gasteiger partial charge in [-0.3, -0.25) is 0 Å². The van der Waals surface area contributed by atoms with Gasteiger partial charge in [-0.25, -0.2) is 0 Å². The Morgan fingerprint density at radius 1 is 1.20 bits per heavy atom. The molecule has 0 amide bonds. The smallest absolute Gasteiger partial charge is 0.223 e. The molecule has 1 heterocycles. The number of aryl methyl sites for hydroxylation is 1. The molecule has 84 valence electrons. The van der Waals surface area contributed by atoms with E-state index in [9.17, 15) is 0 Å². The maximum absolute atomic E-state index is 6.33. The first kappa shape index (κ1) is 10.6. The number of hydrogen-bond donors (Lipinski definition) is 1. The molecule has 4 heteroatoms. The highest BCUT2D eigenvalue weighted by atomic mass is 16.5. The predicted octanol–water partition coefficient (Wildman–Crippen LogP) is 2.13. The minimum absolute atomic E-state index is 0.368. The van der Waals surface area contributed by atoms with Gasteiger partial charge in [0, 0.05) is 6.92 Å². The lowest BCUT2D eigenvalue weighted by Gasteiger charge is -2.39. The van der Waals surface area contributed by atoms with Gasteiger partial charge in [0.15, 0.2) is 5.82 Å². The Balaban J connectivity index is 2.16. The van der Waals surface area contributed by atoms with Crippen molar-refractivity contribution in [2.45, 2.75) is 52.0 Å². The highest BCUT2D eigenvalue weighted by Gasteiger charge is 2.39. The van der Waals surface area contributed by atoms with Gasteiger partial charge in [-0.15, -0.1) is 0 Å². The molecular formula is C11H19N3O. The van der Waals surface area contributed by atoms with Gasteiger partial charge in [-0.2, -0.15) is 4.98 Å². The molecule has 0 unspecified atom stereocenters. The summed E-state index contributed by atoms with van der Waals surface area (Å²) in [5.41, 5.74) is 6.37. The van der Waals surface area contributed by atoms with E-state index in [4.69, 9.17) is 10.3 Å². The first-order valence-electron chi connectivity index (χ1n) is 5.51. The lowest BCUT2D eigenvalue weighted by Crippen LogP contribution is -2.43. The van der Waals surface area contributed by atoms with Gasteiger partial charge < -0.3 is 10.3 Å². The van der Waals surface area contributed by atoms with Crippen LogP contribution in [0.15, 0.2) is 4.52 Å².